The van der Waals surface area contributed by atoms with Gasteiger partial charge in [-0.25, -0.2) is 0 Å². The number of hydrogen-bond acceptors (Lipinski definition) is 2. The summed E-state index contributed by atoms with van der Waals surface area (Å²) in [6, 6.07) is 15.9. The molecule has 110 valence electrons. The number of hydrogen-bond donors (Lipinski definition) is 1. The minimum absolute atomic E-state index is 0.00299. The summed E-state index contributed by atoms with van der Waals surface area (Å²) in [5.41, 5.74) is 3.43. The monoisotopic (exact) mass is 283 g/mol. The van der Waals surface area contributed by atoms with Gasteiger partial charge in [-0.15, -0.1) is 0 Å². The van der Waals surface area contributed by atoms with E-state index in [0.717, 1.165) is 11.3 Å². The molecule has 1 amide bonds. The number of carbonyl (C=O) groups excluding carboxylic acids is 1. The number of amides is 1. The lowest BCUT2D eigenvalue weighted by molar-refractivity contribution is -0.121. The van der Waals surface area contributed by atoms with Gasteiger partial charge in [0.15, 0.2) is 0 Å². The lowest BCUT2D eigenvalue weighted by atomic mass is 10.1. The van der Waals surface area contributed by atoms with Crippen LogP contribution in [0.25, 0.3) is 0 Å². The molecule has 0 saturated heterocycles. The van der Waals surface area contributed by atoms with Gasteiger partial charge < -0.3 is 10.1 Å². The molecule has 0 bridgehead atoms. The van der Waals surface area contributed by atoms with Crippen molar-refractivity contribution in [1.29, 1.82) is 0 Å². The summed E-state index contributed by atoms with van der Waals surface area (Å²) in [4.78, 5) is 11.7. The Morgan fingerprint density at radius 2 is 1.71 bits per heavy atom. The molecule has 0 atom stereocenters. The first-order chi connectivity index (χ1) is 10.1. The first-order valence-corrected chi connectivity index (χ1v) is 7.15. The second-order valence-electron chi connectivity index (χ2n) is 5.18. The Morgan fingerprint density at radius 3 is 2.38 bits per heavy atom. The topological polar surface area (TPSA) is 38.3 Å². The van der Waals surface area contributed by atoms with Gasteiger partial charge in [-0.3, -0.25) is 4.79 Å². The number of aryl methyl sites for hydroxylation is 2. The fourth-order valence-corrected chi connectivity index (χ4v) is 2.16. The highest BCUT2D eigenvalue weighted by Crippen LogP contribution is 2.16. The Bertz CT molecular complexity index is 573. The largest absolute Gasteiger partial charge is 0.493 e. The van der Waals surface area contributed by atoms with Crippen LogP contribution < -0.4 is 10.1 Å². The first kappa shape index (κ1) is 15.1. The van der Waals surface area contributed by atoms with Crippen molar-refractivity contribution < 1.29 is 9.53 Å². The molecule has 2 aromatic carbocycles. The SMILES string of the molecule is Cc1cc(C)cc(OCCC(=O)NCc2ccccc2)c1. The zero-order chi connectivity index (χ0) is 15.1. The van der Waals surface area contributed by atoms with E-state index in [1.807, 2.05) is 56.3 Å². The number of nitrogens with one attached hydrogen (secondary N) is 1. The maximum absolute atomic E-state index is 11.7. The van der Waals surface area contributed by atoms with Crippen LogP contribution in [0.1, 0.15) is 23.1 Å². The predicted octanol–water partition coefficient (Wildman–Crippen LogP) is 3.39. The van der Waals surface area contributed by atoms with Crippen molar-refractivity contribution in [3.05, 3.63) is 65.2 Å². The summed E-state index contributed by atoms with van der Waals surface area (Å²) >= 11 is 0. The molecular formula is C18H21NO2. The van der Waals surface area contributed by atoms with E-state index in [0.29, 0.717) is 19.6 Å². The van der Waals surface area contributed by atoms with Crippen LogP contribution >= 0.6 is 0 Å². The molecule has 21 heavy (non-hydrogen) atoms. The Kier molecular flexibility index (Phi) is 5.38. The number of ether oxygens (including phenoxy) is 1. The molecule has 0 aliphatic rings. The van der Waals surface area contributed by atoms with E-state index in [1.165, 1.54) is 11.1 Å². The number of benzene rings is 2. The number of carbonyl (C=O) groups is 1. The van der Waals surface area contributed by atoms with Crippen molar-refractivity contribution in [1.82, 2.24) is 5.32 Å². The summed E-state index contributed by atoms with van der Waals surface area (Å²) in [6.45, 7) is 5.02. The average molecular weight is 283 g/mol. The van der Waals surface area contributed by atoms with Crippen molar-refractivity contribution in [2.75, 3.05) is 6.61 Å². The summed E-state index contributed by atoms with van der Waals surface area (Å²) in [6.07, 6.45) is 0.361. The van der Waals surface area contributed by atoms with Gasteiger partial charge in [-0.05, 0) is 42.7 Å². The third-order valence-electron chi connectivity index (χ3n) is 3.13. The fraction of sp³-hybridized carbons (Fsp3) is 0.278. The van der Waals surface area contributed by atoms with E-state index in [4.69, 9.17) is 4.74 Å². The maximum atomic E-state index is 11.7. The quantitative estimate of drug-likeness (QED) is 0.882. The van der Waals surface area contributed by atoms with Crippen LogP contribution in [0, 0.1) is 13.8 Å². The minimum Gasteiger partial charge on any atom is -0.493 e. The van der Waals surface area contributed by atoms with Gasteiger partial charge in [0.25, 0.3) is 0 Å². The molecule has 3 heteroatoms. The lowest BCUT2D eigenvalue weighted by Crippen LogP contribution is -2.24. The third kappa shape index (κ3) is 5.30. The average Bonchev–Trinajstić information content (AvgIpc) is 2.45. The molecule has 1 N–H and O–H groups in total. The van der Waals surface area contributed by atoms with E-state index in [2.05, 4.69) is 11.4 Å². The molecule has 0 aromatic heterocycles. The molecule has 0 aliphatic heterocycles. The summed E-state index contributed by atoms with van der Waals surface area (Å²) < 4.78 is 5.63. The highest BCUT2D eigenvalue weighted by molar-refractivity contribution is 5.75. The molecule has 0 fully saturated rings. The first-order valence-electron chi connectivity index (χ1n) is 7.15. The molecule has 0 radical (unpaired) electrons. The van der Waals surface area contributed by atoms with E-state index >= 15 is 0 Å². The van der Waals surface area contributed by atoms with Crippen LogP contribution in [0.2, 0.25) is 0 Å². The summed E-state index contributed by atoms with van der Waals surface area (Å²) in [5, 5.41) is 2.89. The summed E-state index contributed by atoms with van der Waals surface area (Å²) in [5.74, 6) is 0.826. The standard InChI is InChI=1S/C18H21NO2/c1-14-10-15(2)12-17(11-14)21-9-8-18(20)19-13-16-6-4-3-5-7-16/h3-7,10-12H,8-9,13H2,1-2H3,(H,19,20). The molecule has 0 saturated carbocycles. The molecule has 0 heterocycles. The van der Waals surface area contributed by atoms with E-state index in [9.17, 15) is 4.79 Å². The van der Waals surface area contributed by atoms with Crippen LogP contribution in [0.15, 0.2) is 48.5 Å². The zero-order valence-corrected chi connectivity index (χ0v) is 12.6. The van der Waals surface area contributed by atoms with Crippen molar-refractivity contribution in [3.8, 4) is 5.75 Å². The van der Waals surface area contributed by atoms with Gasteiger partial charge in [-0.1, -0.05) is 36.4 Å². The van der Waals surface area contributed by atoms with E-state index in [1.54, 1.807) is 0 Å². The second-order valence-corrected chi connectivity index (χ2v) is 5.18. The minimum atomic E-state index is 0.00299. The maximum Gasteiger partial charge on any atom is 0.223 e. The Labute approximate surface area is 126 Å². The number of rotatable bonds is 6. The smallest absolute Gasteiger partial charge is 0.223 e. The third-order valence-corrected chi connectivity index (χ3v) is 3.13. The Morgan fingerprint density at radius 1 is 1.05 bits per heavy atom. The van der Waals surface area contributed by atoms with E-state index in [-0.39, 0.29) is 5.91 Å². The molecule has 0 unspecified atom stereocenters. The van der Waals surface area contributed by atoms with Gasteiger partial charge in [0.2, 0.25) is 5.91 Å². The van der Waals surface area contributed by atoms with Gasteiger partial charge in [-0.2, -0.15) is 0 Å². The van der Waals surface area contributed by atoms with E-state index < -0.39 is 0 Å². The molecular weight excluding hydrogens is 262 g/mol. The zero-order valence-electron chi connectivity index (χ0n) is 12.6. The predicted molar refractivity (Wildman–Crippen MR) is 84.3 cm³/mol. The van der Waals surface area contributed by atoms with Crippen LogP contribution in [-0.4, -0.2) is 12.5 Å². The van der Waals surface area contributed by atoms with Crippen LogP contribution in [0.5, 0.6) is 5.75 Å². The van der Waals surface area contributed by atoms with Crippen LogP contribution in [0.4, 0.5) is 0 Å². The van der Waals surface area contributed by atoms with Crippen molar-refractivity contribution in [2.24, 2.45) is 0 Å². The fourth-order valence-electron chi connectivity index (χ4n) is 2.16. The van der Waals surface area contributed by atoms with Gasteiger partial charge in [0.05, 0.1) is 13.0 Å². The molecule has 3 nitrogen and oxygen atoms in total. The van der Waals surface area contributed by atoms with Gasteiger partial charge >= 0.3 is 0 Å². The van der Waals surface area contributed by atoms with Gasteiger partial charge in [0, 0.05) is 6.54 Å². The highest BCUT2D eigenvalue weighted by Gasteiger charge is 2.03. The van der Waals surface area contributed by atoms with Crippen molar-refractivity contribution in [2.45, 2.75) is 26.8 Å². The molecule has 2 rings (SSSR count). The van der Waals surface area contributed by atoms with Crippen molar-refractivity contribution in [3.63, 3.8) is 0 Å². The molecule has 0 aliphatic carbocycles. The normalized spacial score (nSPS) is 10.2. The summed E-state index contributed by atoms with van der Waals surface area (Å²) in [7, 11) is 0. The lowest BCUT2D eigenvalue weighted by Gasteiger charge is -2.09. The Hall–Kier alpha value is -2.29. The van der Waals surface area contributed by atoms with Crippen LogP contribution in [0.3, 0.4) is 0 Å². The van der Waals surface area contributed by atoms with Crippen LogP contribution in [-0.2, 0) is 11.3 Å². The molecule has 0 spiro atoms. The molecule has 2 aromatic rings. The van der Waals surface area contributed by atoms with Gasteiger partial charge in [0.1, 0.15) is 5.75 Å². The second kappa shape index (κ2) is 7.48. The Balaban J connectivity index is 1.72. The highest BCUT2D eigenvalue weighted by atomic mass is 16.5. The van der Waals surface area contributed by atoms with Crippen molar-refractivity contribution >= 4 is 5.91 Å².